The fraction of sp³-hybridized carbons (Fsp3) is 0.591. The minimum Gasteiger partial charge on any atom is -0.339 e. The second kappa shape index (κ2) is 7.65. The van der Waals surface area contributed by atoms with Gasteiger partial charge in [0.1, 0.15) is 11.9 Å². The molecule has 1 unspecified atom stereocenters. The summed E-state index contributed by atoms with van der Waals surface area (Å²) in [5.41, 5.74) is 0.00965. The second-order valence-electron chi connectivity index (χ2n) is 9.54. The Morgan fingerprint density at radius 1 is 1.07 bits per heavy atom. The van der Waals surface area contributed by atoms with Crippen molar-refractivity contribution in [3.8, 4) is 0 Å². The highest BCUT2D eigenvalue weighted by molar-refractivity contribution is 6.21. The van der Waals surface area contributed by atoms with E-state index >= 15 is 0 Å². The highest BCUT2D eigenvalue weighted by Crippen LogP contribution is 2.33. The van der Waals surface area contributed by atoms with E-state index in [9.17, 15) is 18.8 Å². The lowest BCUT2D eigenvalue weighted by Crippen LogP contribution is -2.48. The Morgan fingerprint density at radius 2 is 1.70 bits per heavy atom. The van der Waals surface area contributed by atoms with Crippen LogP contribution in [0.25, 0.3) is 0 Å². The lowest BCUT2D eigenvalue weighted by atomic mass is 9.91. The van der Waals surface area contributed by atoms with Crippen molar-refractivity contribution < 1.29 is 18.8 Å². The van der Waals surface area contributed by atoms with Crippen molar-refractivity contribution in [2.45, 2.75) is 32.7 Å². The van der Waals surface area contributed by atoms with Crippen LogP contribution in [0.5, 0.6) is 0 Å². The number of imide groups is 1. The first-order valence-electron chi connectivity index (χ1n) is 10.5. The van der Waals surface area contributed by atoms with Gasteiger partial charge in [0, 0.05) is 24.4 Å². The fourth-order valence-corrected chi connectivity index (χ4v) is 4.80. The summed E-state index contributed by atoms with van der Waals surface area (Å²) in [6, 6.07) is 4.23. The number of nitrogens with zero attached hydrogens (tertiary/aromatic N) is 4. The summed E-state index contributed by atoms with van der Waals surface area (Å²) in [5.74, 6) is -0.739. The largest absolute Gasteiger partial charge is 0.339 e. The third-order valence-corrected chi connectivity index (χ3v) is 6.39. The Hall–Kier alpha value is -2.48. The van der Waals surface area contributed by atoms with Crippen LogP contribution in [-0.2, 0) is 9.59 Å². The summed E-state index contributed by atoms with van der Waals surface area (Å²) in [4.78, 5) is 46.3. The first kappa shape index (κ1) is 20.8. The number of rotatable bonds is 2. The van der Waals surface area contributed by atoms with Crippen molar-refractivity contribution in [2.75, 3.05) is 44.7 Å². The molecule has 4 amide bonds. The van der Waals surface area contributed by atoms with Crippen LogP contribution in [0, 0.1) is 17.2 Å². The highest BCUT2D eigenvalue weighted by Gasteiger charge is 2.51. The molecule has 4 rings (SSSR count). The number of benzene rings is 1. The lowest BCUT2D eigenvalue weighted by Gasteiger charge is -2.35. The van der Waals surface area contributed by atoms with Crippen molar-refractivity contribution in [3.63, 3.8) is 0 Å². The van der Waals surface area contributed by atoms with Gasteiger partial charge in [0.15, 0.2) is 0 Å². The van der Waals surface area contributed by atoms with E-state index in [1.165, 1.54) is 24.3 Å². The van der Waals surface area contributed by atoms with E-state index in [-0.39, 0.29) is 29.7 Å². The third kappa shape index (κ3) is 3.80. The third-order valence-electron chi connectivity index (χ3n) is 6.39. The lowest BCUT2D eigenvalue weighted by molar-refractivity contribution is -0.138. The number of fused-ring (bicyclic) bond motifs is 1. The van der Waals surface area contributed by atoms with E-state index < -0.39 is 17.9 Å². The summed E-state index contributed by atoms with van der Waals surface area (Å²) in [5, 5.41) is 0. The van der Waals surface area contributed by atoms with Crippen molar-refractivity contribution in [2.24, 2.45) is 11.3 Å². The molecule has 3 heterocycles. The van der Waals surface area contributed by atoms with Crippen LogP contribution in [0.3, 0.4) is 0 Å². The van der Waals surface area contributed by atoms with Gasteiger partial charge in [-0.15, -0.1) is 0 Å². The smallest absolute Gasteiger partial charge is 0.332 e. The molecule has 0 radical (unpaired) electrons. The predicted octanol–water partition coefficient (Wildman–Crippen LogP) is 2.17. The Kier molecular flexibility index (Phi) is 5.30. The average Bonchev–Trinajstić information content (AvgIpc) is 2.84. The van der Waals surface area contributed by atoms with Crippen LogP contribution in [0.2, 0.25) is 0 Å². The molecule has 0 N–H and O–H groups in total. The molecule has 7 nitrogen and oxygen atoms in total. The maximum atomic E-state index is 13.3. The van der Waals surface area contributed by atoms with Gasteiger partial charge in [0.2, 0.25) is 5.91 Å². The molecule has 1 aromatic carbocycles. The van der Waals surface area contributed by atoms with Crippen molar-refractivity contribution in [1.29, 1.82) is 0 Å². The number of amides is 4. The topological polar surface area (TPSA) is 64.2 Å². The summed E-state index contributed by atoms with van der Waals surface area (Å²) in [7, 11) is 2.06. The van der Waals surface area contributed by atoms with E-state index in [1.54, 1.807) is 9.80 Å². The quantitative estimate of drug-likeness (QED) is 0.694. The van der Waals surface area contributed by atoms with Gasteiger partial charge in [-0.05, 0) is 57.2 Å². The molecule has 162 valence electrons. The minimum atomic E-state index is -0.709. The molecule has 3 aliphatic heterocycles. The van der Waals surface area contributed by atoms with Crippen LogP contribution in [0.1, 0.15) is 26.7 Å². The van der Waals surface area contributed by atoms with Crippen molar-refractivity contribution >= 4 is 23.5 Å². The molecular formula is C22H29FN4O3. The first-order valence-corrected chi connectivity index (χ1v) is 10.5. The number of anilines is 1. The zero-order valence-corrected chi connectivity index (χ0v) is 17.8. The molecule has 0 saturated carbocycles. The monoisotopic (exact) mass is 416 g/mol. The first-order chi connectivity index (χ1) is 14.2. The van der Waals surface area contributed by atoms with E-state index in [1.807, 2.05) is 13.8 Å². The number of hydrogen-bond donors (Lipinski definition) is 0. The maximum absolute atomic E-state index is 13.3. The molecule has 0 aromatic heterocycles. The highest BCUT2D eigenvalue weighted by atomic mass is 19.1. The molecule has 1 aromatic rings. The molecule has 30 heavy (non-hydrogen) atoms. The zero-order valence-electron chi connectivity index (χ0n) is 17.8. The normalized spacial score (nSPS) is 25.5. The van der Waals surface area contributed by atoms with E-state index in [0.717, 1.165) is 30.8 Å². The Morgan fingerprint density at radius 3 is 2.33 bits per heavy atom. The number of halogens is 1. The zero-order chi connectivity index (χ0) is 21.6. The molecule has 8 heteroatoms. The molecule has 3 saturated heterocycles. The van der Waals surface area contributed by atoms with Crippen molar-refractivity contribution in [1.82, 2.24) is 14.7 Å². The van der Waals surface area contributed by atoms with Gasteiger partial charge in [-0.2, -0.15) is 0 Å². The Balaban J connectivity index is 1.59. The number of carbonyl (C=O) groups excluding carboxylic acids is 3. The van der Waals surface area contributed by atoms with Crippen molar-refractivity contribution in [3.05, 3.63) is 30.1 Å². The van der Waals surface area contributed by atoms with Gasteiger partial charge in [-0.1, -0.05) is 13.8 Å². The second-order valence-corrected chi connectivity index (χ2v) is 9.54. The van der Waals surface area contributed by atoms with Crippen LogP contribution < -0.4 is 4.90 Å². The van der Waals surface area contributed by atoms with E-state index in [4.69, 9.17) is 0 Å². The Bertz CT molecular complexity index is 848. The maximum Gasteiger partial charge on any atom is 0.332 e. The predicted molar refractivity (Wildman–Crippen MR) is 110 cm³/mol. The van der Waals surface area contributed by atoms with Gasteiger partial charge in [0.05, 0.1) is 12.2 Å². The fourth-order valence-electron chi connectivity index (χ4n) is 4.80. The summed E-state index contributed by atoms with van der Waals surface area (Å²) >= 11 is 0. The molecule has 3 fully saturated rings. The average molecular weight is 416 g/mol. The summed E-state index contributed by atoms with van der Waals surface area (Å²) in [6.07, 6.45) is 1.63. The number of hydrogen-bond acceptors (Lipinski definition) is 4. The minimum absolute atomic E-state index is 0.0380. The van der Waals surface area contributed by atoms with Crippen LogP contribution in [0.15, 0.2) is 24.3 Å². The molecule has 1 atom stereocenters. The van der Waals surface area contributed by atoms with Crippen LogP contribution in [-0.4, -0.2) is 78.4 Å². The van der Waals surface area contributed by atoms with Gasteiger partial charge in [-0.3, -0.25) is 9.59 Å². The molecule has 0 bridgehead atoms. The van der Waals surface area contributed by atoms with Gasteiger partial charge in [0.25, 0.3) is 5.91 Å². The van der Waals surface area contributed by atoms with E-state index in [2.05, 4.69) is 11.9 Å². The summed E-state index contributed by atoms with van der Waals surface area (Å²) < 4.78 is 13.3. The summed E-state index contributed by atoms with van der Waals surface area (Å²) in [6.45, 7) is 6.92. The van der Waals surface area contributed by atoms with Gasteiger partial charge < -0.3 is 14.7 Å². The number of piperidine rings is 1. The van der Waals surface area contributed by atoms with Gasteiger partial charge in [-0.25, -0.2) is 14.1 Å². The molecular weight excluding hydrogens is 387 g/mol. The molecule has 0 spiro atoms. The number of carbonyl (C=O) groups is 3. The number of likely N-dealkylation sites (tertiary alicyclic amines) is 1. The number of urea groups is 1. The van der Waals surface area contributed by atoms with Gasteiger partial charge >= 0.3 is 6.03 Å². The molecule has 3 aliphatic rings. The van der Waals surface area contributed by atoms with E-state index in [0.29, 0.717) is 18.8 Å². The van der Waals surface area contributed by atoms with Crippen LogP contribution >= 0.6 is 0 Å². The standard InChI is InChI=1S/C22H29FN4O3/c1-22(2)13-25(19(28)15-8-10-24(3)11-9-15)12-18-20(29)27(21(30)26(18)14-22)17-6-4-16(23)5-7-17/h4-7,15,18H,8-14H2,1-3H3. The van der Waals surface area contributed by atoms with Crippen LogP contribution in [0.4, 0.5) is 14.9 Å². The Labute approximate surface area is 176 Å². The SMILES string of the molecule is CN1CCC(C(=O)N2CC3C(=O)N(c4ccc(F)cc4)C(=O)N3CC(C)(C)C2)CC1. The molecule has 0 aliphatic carbocycles.